The molecule has 0 unspecified atom stereocenters. The van der Waals surface area contributed by atoms with Gasteiger partial charge in [0.15, 0.2) is 5.13 Å². The highest BCUT2D eigenvalue weighted by Gasteiger charge is 2.36. The van der Waals surface area contributed by atoms with Crippen LogP contribution in [-0.4, -0.2) is 47.4 Å². The lowest BCUT2D eigenvalue weighted by atomic mass is 9.84. The molecule has 2 heterocycles. The molecular weight excluding hydrogens is 432 g/mol. The first-order chi connectivity index (χ1) is 16.2. The molecule has 0 bridgehead atoms. The van der Waals surface area contributed by atoms with Gasteiger partial charge in [-0.15, -0.1) is 11.3 Å². The summed E-state index contributed by atoms with van der Waals surface area (Å²) in [5, 5.41) is 7.75. The molecule has 0 radical (unpaired) electrons. The number of carbonyl (C=O) groups is 2. The van der Waals surface area contributed by atoms with Crippen molar-refractivity contribution in [2.45, 2.75) is 44.6 Å². The van der Waals surface area contributed by atoms with Crippen molar-refractivity contribution in [2.24, 2.45) is 5.92 Å². The van der Waals surface area contributed by atoms with Crippen LogP contribution in [0.5, 0.6) is 0 Å². The molecular formula is C26H30N4O2S. The molecule has 1 aromatic heterocycles. The summed E-state index contributed by atoms with van der Waals surface area (Å²) in [6.07, 6.45) is 8.42. The molecule has 33 heavy (non-hydrogen) atoms. The van der Waals surface area contributed by atoms with Gasteiger partial charge < -0.3 is 15.1 Å². The lowest BCUT2D eigenvalue weighted by Gasteiger charge is -2.40. The monoisotopic (exact) mass is 462 g/mol. The molecule has 3 aromatic rings. The van der Waals surface area contributed by atoms with Gasteiger partial charge in [0.25, 0.3) is 0 Å². The number of benzene rings is 2. The molecule has 2 aromatic carbocycles. The third kappa shape index (κ3) is 5.03. The molecule has 6 nitrogen and oxygen atoms in total. The van der Waals surface area contributed by atoms with Crippen molar-refractivity contribution < 1.29 is 9.59 Å². The standard InChI is InChI=1S/C26H30N4O2S/c31-24-18-29(22-11-10-20-8-4-5-9-21(20)17-22)13-14-30(24)23(16-19-6-2-1-3-7-19)25(32)28-26-27-12-15-33-26/h4-5,8-12,15,17,19,23H,1-3,6-7,13-14,16,18H2,(H,27,28,32)/t23-/m0/s1. The first-order valence-electron chi connectivity index (χ1n) is 11.9. The zero-order chi connectivity index (χ0) is 22.6. The van der Waals surface area contributed by atoms with E-state index >= 15 is 0 Å². The lowest BCUT2D eigenvalue weighted by molar-refractivity contribution is -0.139. The van der Waals surface area contributed by atoms with Crippen LogP contribution in [0.4, 0.5) is 10.8 Å². The van der Waals surface area contributed by atoms with Crippen LogP contribution in [0, 0.1) is 5.92 Å². The Bertz CT molecular complexity index is 1110. The molecule has 2 aliphatic rings. The number of amides is 2. The summed E-state index contributed by atoms with van der Waals surface area (Å²) in [7, 11) is 0. The van der Waals surface area contributed by atoms with Crippen LogP contribution in [0.2, 0.25) is 0 Å². The van der Waals surface area contributed by atoms with Crippen LogP contribution in [0.3, 0.4) is 0 Å². The minimum Gasteiger partial charge on any atom is -0.360 e. The topological polar surface area (TPSA) is 65.5 Å². The summed E-state index contributed by atoms with van der Waals surface area (Å²) < 4.78 is 0. The molecule has 5 rings (SSSR count). The molecule has 172 valence electrons. The minimum absolute atomic E-state index is 0.0181. The van der Waals surface area contributed by atoms with Gasteiger partial charge in [0.1, 0.15) is 6.04 Å². The number of nitrogens with zero attached hydrogens (tertiary/aromatic N) is 3. The second kappa shape index (κ2) is 9.91. The number of rotatable bonds is 6. The molecule has 1 atom stereocenters. The Hall–Kier alpha value is -2.93. The van der Waals surface area contributed by atoms with Crippen LogP contribution in [0.1, 0.15) is 38.5 Å². The van der Waals surface area contributed by atoms with Gasteiger partial charge in [-0.2, -0.15) is 0 Å². The van der Waals surface area contributed by atoms with E-state index < -0.39 is 6.04 Å². The van der Waals surface area contributed by atoms with Crippen molar-refractivity contribution in [2.75, 3.05) is 29.9 Å². The van der Waals surface area contributed by atoms with E-state index in [9.17, 15) is 9.59 Å². The summed E-state index contributed by atoms with van der Waals surface area (Å²) in [5.74, 6) is 0.407. The molecule has 1 aliphatic carbocycles. The number of hydrogen-bond acceptors (Lipinski definition) is 5. The highest BCUT2D eigenvalue weighted by atomic mass is 32.1. The van der Waals surface area contributed by atoms with Gasteiger partial charge in [0, 0.05) is 30.4 Å². The molecule has 2 amide bonds. The van der Waals surface area contributed by atoms with Crippen LogP contribution in [0.25, 0.3) is 10.8 Å². The SMILES string of the molecule is O=C(Nc1nccs1)[C@H](CC1CCCCC1)N1CCN(c2ccc3ccccc3c2)CC1=O. The first-order valence-corrected chi connectivity index (χ1v) is 12.8. The summed E-state index contributed by atoms with van der Waals surface area (Å²) in [6.45, 7) is 1.56. The fraction of sp³-hybridized carbons (Fsp3) is 0.423. The summed E-state index contributed by atoms with van der Waals surface area (Å²) >= 11 is 1.41. The van der Waals surface area contributed by atoms with Crippen molar-refractivity contribution >= 4 is 44.7 Å². The fourth-order valence-electron chi connectivity index (χ4n) is 5.20. The van der Waals surface area contributed by atoms with E-state index in [4.69, 9.17) is 0 Å². The molecule has 1 saturated carbocycles. The fourth-order valence-corrected chi connectivity index (χ4v) is 5.73. The maximum absolute atomic E-state index is 13.3. The van der Waals surface area contributed by atoms with Crippen molar-refractivity contribution in [1.82, 2.24) is 9.88 Å². The highest BCUT2D eigenvalue weighted by Crippen LogP contribution is 2.30. The maximum Gasteiger partial charge on any atom is 0.248 e. The van der Waals surface area contributed by atoms with E-state index in [0.29, 0.717) is 24.1 Å². The Kier molecular flexibility index (Phi) is 6.58. The Balaban J connectivity index is 1.31. The molecule has 7 heteroatoms. The van der Waals surface area contributed by atoms with Crippen LogP contribution in [-0.2, 0) is 9.59 Å². The van der Waals surface area contributed by atoms with Crippen molar-refractivity contribution in [1.29, 1.82) is 0 Å². The Morgan fingerprint density at radius 1 is 1.09 bits per heavy atom. The van der Waals surface area contributed by atoms with Gasteiger partial charge in [-0.25, -0.2) is 4.98 Å². The van der Waals surface area contributed by atoms with Gasteiger partial charge in [-0.3, -0.25) is 9.59 Å². The van der Waals surface area contributed by atoms with Crippen LogP contribution < -0.4 is 10.2 Å². The number of fused-ring (bicyclic) bond motifs is 1. The van der Waals surface area contributed by atoms with E-state index in [1.165, 1.54) is 41.4 Å². The van der Waals surface area contributed by atoms with Gasteiger partial charge in [0.2, 0.25) is 11.8 Å². The largest absolute Gasteiger partial charge is 0.360 e. The van der Waals surface area contributed by atoms with E-state index in [0.717, 1.165) is 31.5 Å². The molecule has 1 N–H and O–H groups in total. The predicted octanol–water partition coefficient (Wildman–Crippen LogP) is 4.92. The van der Waals surface area contributed by atoms with Crippen LogP contribution in [0.15, 0.2) is 54.0 Å². The number of hydrogen-bond donors (Lipinski definition) is 1. The van der Waals surface area contributed by atoms with E-state index in [-0.39, 0.29) is 11.8 Å². The van der Waals surface area contributed by atoms with Crippen molar-refractivity contribution in [3.8, 4) is 0 Å². The maximum atomic E-state index is 13.3. The zero-order valence-electron chi connectivity index (χ0n) is 18.8. The third-order valence-electron chi connectivity index (χ3n) is 6.98. The third-order valence-corrected chi connectivity index (χ3v) is 7.67. The quantitative estimate of drug-likeness (QED) is 0.565. The summed E-state index contributed by atoms with van der Waals surface area (Å²) in [5.41, 5.74) is 1.05. The van der Waals surface area contributed by atoms with E-state index in [1.807, 2.05) is 22.4 Å². The van der Waals surface area contributed by atoms with Gasteiger partial charge in [-0.1, -0.05) is 62.4 Å². The number of nitrogens with one attached hydrogen (secondary N) is 1. The minimum atomic E-state index is -0.441. The van der Waals surface area contributed by atoms with Crippen molar-refractivity contribution in [3.05, 3.63) is 54.0 Å². The zero-order valence-corrected chi connectivity index (χ0v) is 19.6. The first kappa shape index (κ1) is 21.9. The van der Waals surface area contributed by atoms with Gasteiger partial charge in [0.05, 0.1) is 6.54 Å². The summed E-state index contributed by atoms with van der Waals surface area (Å²) in [4.78, 5) is 34.7. The van der Waals surface area contributed by atoms with Gasteiger partial charge in [-0.05, 0) is 35.2 Å². The number of carbonyl (C=O) groups excluding carboxylic acids is 2. The molecule has 1 saturated heterocycles. The van der Waals surface area contributed by atoms with Crippen LogP contribution >= 0.6 is 11.3 Å². The normalized spacial score (nSPS) is 18.5. The summed E-state index contributed by atoms with van der Waals surface area (Å²) in [6, 6.07) is 14.2. The van der Waals surface area contributed by atoms with E-state index in [1.54, 1.807) is 6.20 Å². The highest BCUT2D eigenvalue weighted by molar-refractivity contribution is 7.13. The second-order valence-electron chi connectivity index (χ2n) is 9.12. The second-order valence-corrected chi connectivity index (χ2v) is 10.0. The number of thiazole rings is 1. The predicted molar refractivity (Wildman–Crippen MR) is 134 cm³/mol. The Morgan fingerprint density at radius 2 is 1.91 bits per heavy atom. The number of piperazine rings is 1. The average molecular weight is 463 g/mol. The number of aromatic nitrogens is 1. The molecule has 1 aliphatic heterocycles. The molecule has 0 spiro atoms. The lowest BCUT2D eigenvalue weighted by Crippen LogP contribution is -2.57. The van der Waals surface area contributed by atoms with E-state index in [2.05, 4.69) is 45.5 Å². The Labute approximate surface area is 198 Å². The smallest absolute Gasteiger partial charge is 0.248 e. The average Bonchev–Trinajstić information content (AvgIpc) is 3.36. The van der Waals surface area contributed by atoms with Crippen molar-refractivity contribution in [3.63, 3.8) is 0 Å². The molecule has 2 fully saturated rings. The van der Waals surface area contributed by atoms with Gasteiger partial charge >= 0.3 is 0 Å². The number of anilines is 2. The Morgan fingerprint density at radius 3 is 2.67 bits per heavy atom.